The van der Waals surface area contributed by atoms with Crippen molar-refractivity contribution in [2.45, 2.75) is 30.3 Å². The summed E-state index contributed by atoms with van der Waals surface area (Å²) in [5.41, 5.74) is 2.69. The summed E-state index contributed by atoms with van der Waals surface area (Å²) < 4.78 is 4.00. The molecule has 2 aliphatic heterocycles. The van der Waals surface area contributed by atoms with Crippen LogP contribution in [-0.2, 0) is 16.3 Å². The van der Waals surface area contributed by atoms with Crippen LogP contribution in [0.25, 0.3) is 11.0 Å². The normalized spacial score (nSPS) is 16.6. The van der Waals surface area contributed by atoms with E-state index in [2.05, 4.69) is 19.9 Å². The number of benzene rings is 2. The zero-order valence-electron chi connectivity index (χ0n) is 19.2. The summed E-state index contributed by atoms with van der Waals surface area (Å²) in [6, 6.07) is 15.7. The standard InChI is InChI=1S/C25H25N7O2S/c33-23(15-31-21-7-3-4-8-22(21)35-16-24(31)34)29-12-9-18(10-13-29)25-26-11-14-30(25)17-32-20-6-2-1-5-19(20)27-28-32/h1-8,11,14,18H,9-10,12-13,15-17H2. The molecule has 1 fully saturated rings. The van der Waals surface area contributed by atoms with Crippen LogP contribution in [0.1, 0.15) is 24.6 Å². The molecule has 4 heterocycles. The quantitative estimate of drug-likeness (QED) is 0.430. The molecular formula is C25H25N7O2S. The molecule has 0 unspecified atom stereocenters. The summed E-state index contributed by atoms with van der Waals surface area (Å²) >= 11 is 1.53. The first-order chi connectivity index (χ1) is 17.2. The van der Waals surface area contributed by atoms with Gasteiger partial charge in [-0.25, -0.2) is 9.67 Å². The largest absolute Gasteiger partial charge is 0.341 e. The maximum atomic E-state index is 13.1. The third-order valence-corrected chi connectivity index (χ3v) is 7.82. The van der Waals surface area contributed by atoms with Crippen LogP contribution in [0.5, 0.6) is 0 Å². The van der Waals surface area contributed by atoms with Gasteiger partial charge in [-0.05, 0) is 37.1 Å². The van der Waals surface area contributed by atoms with Crippen molar-refractivity contribution >= 4 is 40.3 Å². The number of fused-ring (bicyclic) bond motifs is 2. The molecule has 0 aliphatic carbocycles. The highest BCUT2D eigenvalue weighted by Crippen LogP contribution is 2.35. The lowest BCUT2D eigenvalue weighted by atomic mass is 9.96. The first-order valence-electron chi connectivity index (χ1n) is 11.8. The van der Waals surface area contributed by atoms with Crippen molar-refractivity contribution in [1.82, 2.24) is 29.4 Å². The second-order valence-electron chi connectivity index (χ2n) is 8.87. The average Bonchev–Trinajstić information content (AvgIpc) is 3.53. The van der Waals surface area contributed by atoms with E-state index in [1.807, 2.05) is 70.5 Å². The molecule has 0 saturated carbocycles. The molecule has 0 radical (unpaired) electrons. The number of aromatic nitrogens is 5. The number of hydrogen-bond donors (Lipinski definition) is 0. The molecule has 10 heteroatoms. The molecule has 1 saturated heterocycles. The van der Waals surface area contributed by atoms with Gasteiger partial charge in [0.25, 0.3) is 0 Å². The van der Waals surface area contributed by atoms with Gasteiger partial charge in [-0.2, -0.15) is 0 Å². The number of hydrogen-bond acceptors (Lipinski definition) is 6. The monoisotopic (exact) mass is 487 g/mol. The van der Waals surface area contributed by atoms with Gasteiger partial charge in [0.15, 0.2) is 0 Å². The van der Waals surface area contributed by atoms with Crippen molar-refractivity contribution in [3.8, 4) is 0 Å². The lowest BCUT2D eigenvalue weighted by Crippen LogP contribution is -2.47. The molecule has 0 spiro atoms. The molecule has 2 aromatic heterocycles. The molecule has 4 aromatic rings. The van der Waals surface area contributed by atoms with E-state index in [0.29, 0.717) is 25.5 Å². The van der Waals surface area contributed by atoms with Crippen molar-refractivity contribution in [3.05, 3.63) is 66.7 Å². The summed E-state index contributed by atoms with van der Waals surface area (Å²) in [7, 11) is 0. The van der Waals surface area contributed by atoms with Crippen LogP contribution in [0, 0.1) is 0 Å². The minimum absolute atomic E-state index is 0.00377. The van der Waals surface area contributed by atoms with Gasteiger partial charge in [-0.3, -0.25) is 9.59 Å². The van der Waals surface area contributed by atoms with Crippen molar-refractivity contribution in [3.63, 3.8) is 0 Å². The summed E-state index contributed by atoms with van der Waals surface area (Å²) in [6.07, 6.45) is 5.46. The summed E-state index contributed by atoms with van der Waals surface area (Å²) in [5.74, 6) is 1.62. The van der Waals surface area contributed by atoms with E-state index >= 15 is 0 Å². The highest BCUT2D eigenvalue weighted by Gasteiger charge is 2.31. The van der Waals surface area contributed by atoms with Crippen LogP contribution in [-0.4, -0.2) is 66.6 Å². The Kier molecular flexibility index (Phi) is 5.73. The van der Waals surface area contributed by atoms with E-state index in [0.717, 1.165) is 40.3 Å². The van der Waals surface area contributed by atoms with Crippen LogP contribution >= 0.6 is 11.8 Å². The highest BCUT2D eigenvalue weighted by molar-refractivity contribution is 8.00. The van der Waals surface area contributed by atoms with Gasteiger partial charge >= 0.3 is 0 Å². The lowest BCUT2D eigenvalue weighted by Gasteiger charge is -2.34. The third kappa shape index (κ3) is 4.18. The number of rotatable bonds is 5. The van der Waals surface area contributed by atoms with Crippen LogP contribution in [0.4, 0.5) is 5.69 Å². The SMILES string of the molecule is O=C(CN1C(=O)CSc2ccccc21)N1CCC(c2nccn2Cn2nnc3ccccc32)CC1. The Morgan fingerprint density at radius 2 is 1.86 bits per heavy atom. The number of carbonyl (C=O) groups is 2. The van der Waals surface area contributed by atoms with Gasteiger partial charge in [0, 0.05) is 36.3 Å². The Morgan fingerprint density at radius 1 is 1.06 bits per heavy atom. The number of para-hydroxylation sites is 2. The Bertz CT molecular complexity index is 1390. The molecule has 9 nitrogen and oxygen atoms in total. The molecule has 0 atom stereocenters. The fraction of sp³-hybridized carbons (Fsp3) is 0.320. The number of imidazole rings is 1. The van der Waals surface area contributed by atoms with Crippen LogP contribution in [0.2, 0.25) is 0 Å². The van der Waals surface area contributed by atoms with Crippen LogP contribution < -0.4 is 4.90 Å². The molecule has 0 N–H and O–H groups in total. The number of likely N-dealkylation sites (tertiary alicyclic amines) is 1. The number of carbonyl (C=O) groups excluding carboxylic acids is 2. The Hall–Kier alpha value is -3.66. The van der Waals surface area contributed by atoms with E-state index in [9.17, 15) is 9.59 Å². The van der Waals surface area contributed by atoms with Crippen LogP contribution in [0.3, 0.4) is 0 Å². The fourth-order valence-corrected chi connectivity index (χ4v) is 5.85. The molecule has 6 rings (SSSR count). The zero-order chi connectivity index (χ0) is 23.8. The van der Waals surface area contributed by atoms with Gasteiger partial charge in [-0.15, -0.1) is 16.9 Å². The third-order valence-electron chi connectivity index (χ3n) is 6.77. The Balaban J connectivity index is 1.11. The first kappa shape index (κ1) is 21.8. The summed E-state index contributed by atoms with van der Waals surface area (Å²) in [5, 5.41) is 8.54. The van der Waals surface area contributed by atoms with E-state index in [1.54, 1.807) is 4.90 Å². The van der Waals surface area contributed by atoms with Crippen molar-refractivity contribution in [2.24, 2.45) is 0 Å². The van der Waals surface area contributed by atoms with Crippen molar-refractivity contribution in [2.75, 3.05) is 30.3 Å². The number of amides is 2. The van der Waals surface area contributed by atoms with Gasteiger partial charge < -0.3 is 14.4 Å². The number of anilines is 1. The van der Waals surface area contributed by atoms with Crippen molar-refractivity contribution in [1.29, 1.82) is 0 Å². The topological polar surface area (TPSA) is 89.2 Å². The van der Waals surface area contributed by atoms with E-state index in [-0.39, 0.29) is 24.3 Å². The predicted octanol–water partition coefficient (Wildman–Crippen LogP) is 2.98. The van der Waals surface area contributed by atoms with Crippen LogP contribution in [0.15, 0.2) is 65.8 Å². The first-order valence-corrected chi connectivity index (χ1v) is 12.7. The highest BCUT2D eigenvalue weighted by atomic mass is 32.2. The fourth-order valence-electron chi connectivity index (χ4n) is 4.92. The lowest BCUT2D eigenvalue weighted by molar-refractivity contribution is -0.132. The van der Waals surface area contributed by atoms with Gasteiger partial charge in [-0.1, -0.05) is 29.5 Å². The minimum atomic E-state index is -0.0143. The van der Waals surface area contributed by atoms with E-state index < -0.39 is 0 Å². The number of piperidine rings is 1. The van der Waals surface area contributed by atoms with Crippen molar-refractivity contribution < 1.29 is 9.59 Å². The Labute approximate surface area is 206 Å². The molecular weight excluding hydrogens is 462 g/mol. The maximum Gasteiger partial charge on any atom is 0.242 e. The maximum absolute atomic E-state index is 13.1. The molecule has 35 heavy (non-hydrogen) atoms. The Morgan fingerprint density at radius 3 is 2.74 bits per heavy atom. The number of thioether (sulfide) groups is 1. The van der Waals surface area contributed by atoms with Gasteiger partial charge in [0.05, 0.1) is 17.0 Å². The molecule has 0 bridgehead atoms. The van der Waals surface area contributed by atoms with Gasteiger partial charge in [0.2, 0.25) is 11.8 Å². The predicted molar refractivity (Wildman–Crippen MR) is 133 cm³/mol. The zero-order valence-corrected chi connectivity index (χ0v) is 20.0. The second kappa shape index (κ2) is 9.18. The van der Waals surface area contributed by atoms with E-state index in [1.165, 1.54) is 11.8 Å². The second-order valence-corrected chi connectivity index (χ2v) is 9.88. The van der Waals surface area contributed by atoms with E-state index in [4.69, 9.17) is 0 Å². The average molecular weight is 488 g/mol. The summed E-state index contributed by atoms with van der Waals surface area (Å²) in [4.78, 5) is 34.9. The number of nitrogens with zero attached hydrogens (tertiary/aromatic N) is 7. The minimum Gasteiger partial charge on any atom is -0.341 e. The molecule has 2 aliphatic rings. The molecule has 2 aromatic carbocycles. The van der Waals surface area contributed by atoms with Gasteiger partial charge in [0.1, 0.15) is 24.6 Å². The molecule has 2 amide bonds. The smallest absolute Gasteiger partial charge is 0.242 e. The summed E-state index contributed by atoms with van der Waals surface area (Å²) in [6.45, 7) is 1.95. The molecule has 178 valence electrons.